The topological polar surface area (TPSA) is 0 Å². The first-order valence-electron chi connectivity index (χ1n) is 3.06. The van der Waals surface area contributed by atoms with Crippen LogP contribution in [0.25, 0.3) is 0 Å². The summed E-state index contributed by atoms with van der Waals surface area (Å²) in [5.41, 5.74) is 0.550. The first-order chi connectivity index (χ1) is 3.06. The second-order valence-corrected chi connectivity index (χ2v) is 3.31. The normalized spacial score (nSPS) is 11.9. The molecule has 0 fully saturated rings. The van der Waals surface area contributed by atoms with Gasteiger partial charge in [-0.25, -0.2) is 0 Å². The molecular formula is C6H15B. The van der Waals surface area contributed by atoms with Gasteiger partial charge < -0.3 is 0 Å². The lowest BCUT2D eigenvalue weighted by Crippen LogP contribution is -2.02. The van der Waals surface area contributed by atoms with Crippen LogP contribution in [0.4, 0.5) is 0 Å². The Labute approximate surface area is 47.7 Å². The Hall–Kier alpha value is 0.0649. The van der Waals surface area contributed by atoms with Gasteiger partial charge in [0.15, 0.2) is 0 Å². The minimum atomic E-state index is 0.550. The van der Waals surface area contributed by atoms with E-state index >= 15 is 0 Å². The highest BCUT2D eigenvalue weighted by molar-refractivity contribution is 6.08. The average Bonchev–Trinajstić information content (AvgIpc) is 1.30. The molecule has 0 nitrogen and oxygen atoms in total. The Morgan fingerprint density at radius 2 is 1.71 bits per heavy atom. The molecule has 0 aromatic rings. The van der Waals surface area contributed by atoms with Gasteiger partial charge in [-0.1, -0.05) is 33.5 Å². The maximum atomic E-state index is 2.27. The second-order valence-electron chi connectivity index (χ2n) is 3.31. The summed E-state index contributed by atoms with van der Waals surface area (Å²) in [7, 11) is 2.23. The van der Waals surface area contributed by atoms with Gasteiger partial charge >= 0.3 is 0 Å². The van der Waals surface area contributed by atoms with E-state index in [1.165, 1.54) is 12.7 Å². The van der Waals surface area contributed by atoms with Gasteiger partial charge in [-0.2, -0.15) is 0 Å². The standard InChI is InChI=1S/C6H15B/c1-6(2,3)4-5-7/h4-5,7H2,1-3H3. The zero-order valence-electron chi connectivity index (χ0n) is 5.91. The Bertz CT molecular complexity index is 42.6. The Morgan fingerprint density at radius 1 is 1.29 bits per heavy atom. The monoisotopic (exact) mass is 98.1 g/mol. The lowest BCUT2D eigenvalue weighted by atomic mass is 9.85. The molecule has 42 valence electrons. The third-order valence-electron chi connectivity index (χ3n) is 1.000. The van der Waals surface area contributed by atoms with Crippen molar-refractivity contribution in [3.8, 4) is 0 Å². The fourth-order valence-corrected chi connectivity index (χ4v) is 0.750. The molecule has 0 aromatic heterocycles. The van der Waals surface area contributed by atoms with Gasteiger partial charge in [-0.05, 0) is 5.41 Å². The molecule has 0 bridgehead atoms. The minimum absolute atomic E-state index is 0.550. The van der Waals surface area contributed by atoms with E-state index in [1.807, 2.05) is 0 Å². The smallest absolute Gasteiger partial charge is 0.0806 e. The zero-order chi connectivity index (χ0) is 5.91. The van der Waals surface area contributed by atoms with Crippen LogP contribution in [-0.4, -0.2) is 7.85 Å². The van der Waals surface area contributed by atoms with Gasteiger partial charge in [-0.3, -0.25) is 0 Å². The molecule has 0 rings (SSSR count). The molecule has 0 aliphatic rings. The third-order valence-corrected chi connectivity index (χ3v) is 1.000. The highest BCUT2D eigenvalue weighted by Gasteiger charge is 2.05. The molecule has 0 amide bonds. The third kappa shape index (κ3) is 6.06. The molecular weight excluding hydrogens is 82.9 g/mol. The van der Waals surface area contributed by atoms with Crippen molar-refractivity contribution in [2.75, 3.05) is 0 Å². The molecule has 0 aromatic carbocycles. The molecule has 0 radical (unpaired) electrons. The molecule has 0 unspecified atom stereocenters. The highest BCUT2D eigenvalue weighted by atomic mass is 14.1. The Kier molecular flexibility index (Phi) is 2.41. The molecule has 0 saturated carbocycles. The lowest BCUT2D eigenvalue weighted by Gasteiger charge is -2.15. The van der Waals surface area contributed by atoms with Gasteiger partial charge in [-0.15, -0.1) is 0 Å². The summed E-state index contributed by atoms with van der Waals surface area (Å²) in [6.45, 7) is 6.82. The second kappa shape index (κ2) is 2.39. The van der Waals surface area contributed by atoms with Crippen molar-refractivity contribution < 1.29 is 0 Å². The molecule has 0 aliphatic carbocycles. The maximum Gasteiger partial charge on any atom is 0.101 e. The van der Waals surface area contributed by atoms with Gasteiger partial charge in [0.25, 0.3) is 0 Å². The van der Waals surface area contributed by atoms with Crippen molar-refractivity contribution in [3.63, 3.8) is 0 Å². The van der Waals surface area contributed by atoms with E-state index in [2.05, 4.69) is 28.6 Å². The van der Waals surface area contributed by atoms with Crippen molar-refractivity contribution in [3.05, 3.63) is 0 Å². The first kappa shape index (κ1) is 7.06. The molecule has 0 N–H and O–H groups in total. The molecule has 0 aliphatic heterocycles. The van der Waals surface area contributed by atoms with E-state index in [-0.39, 0.29) is 0 Å². The predicted molar refractivity (Wildman–Crippen MR) is 37.4 cm³/mol. The number of hydrogen-bond donors (Lipinski definition) is 0. The largest absolute Gasteiger partial charge is 0.101 e. The van der Waals surface area contributed by atoms with E-state index in [1.54, 1.807) is 0 Å². The first-order valence-corrected chi connectivity index (χ1v) is 3.06. The maximum absolute atomic E-state index is 2.27. The van der Waals surface area contributed by atoms with Crippen LogP contribution in [0, 0.1) is 5.41 Å². The van der Waals surface area contributed by atoms with Crippen LogP contribution in [0.5, 0.6) is 0 Å². The van der Waals surface area contributed by atoms with Crippen molar-refractivity contribution in [2.45, 2.75) is 33.5 Å². The number of rotatable bonds is 1. The fraction of sp³-hybridized carbons (Fsp3) is 1.00. The zero-order valence-corrected chi connectivity index (χ0v) is 5.91. The van der Waals surface area contributed by atoms with Crippen molar-refractivity contribution in [2.24, 2.45) is 5.41 Å². The van der Waals surface area contributed by atoms with E-state index in [4.69, 9.17) is 0 Å². The SMILES string of the molecule is BCCC(C)(C)C. The lowest BCUT2D eigenvalue weighted by molar-refractivity contribution is 0.398. The van der Waals surface area contributed by atoms with Crippen LogP contribution in [0.3, 0.4) is 0 Å². The van der Waals surface area contributed by atoms with Gasteiger partial charge in [0.1, 0.15) is 7.85 Å². The highest BCUT2D eigenvalue weighted by Crippen LogP contribution is 2.19. The molecule has 0 spiro atoms. The molecule has 1 heteroatoms. The van der Waals surface area contributed by atoms with Crippen LogP contribution in [-0.2, 0) is 0 Å². The van der Waals surface area contributed by atoms with E-state index in [0.29, 0.717) is 5.41 Å². The van der Waals surface area contributed by atoms with Crippen LogP contribution < -0.4 is 0 Å². The van der Waals surface area contributed by atoms with Gasteiger partial charge in [0.05, 0.1) is 0 Å². The molecule has 0 saturated heterocycles. The summed E-state index contributed by atoms with van der Waals surface area (Å²) < 4.78 is 0. The molecule has 0 atom stereocenters. The average molecular weight is 98.0 g/mol. The van der Waals surface area contributed by atoms with Gasteiger partial charge in [0.2, 0.25) is 0 Å². The Balaban J connectivity index is 3.15. The summed E-state index contributed by atoms with van der Waals surface area (Å²) >= 11 is 0. The van der Waals surface area contributed by atoms with E-state index in [9.17, 15) is 0 Å². The summed E-state index contributed by atoms with van der Waals surface area (Å²) in [4.78, 5) is 0. The Morgan fingerprint density at radius 3 is 1.71 bits per heavy atom. The number of hydrogen-bond acceptors (Lipinski definition) is 0. The van der Waals surface area contributed by atoms with Crippen LogP contribution in [0.15, 0.2) is 0 Å². The summed E-state index contributed by atoms with van der Waals surface area (Å²) in [6.07, 6.45) is 2.65. The predicted octanol–water partition coefficient (Wildman–Crippen LogP) is 1.47. The summed E-state index contributed by atoms with van der Waals surface area (Å²) in [6, 6.07) is 0. The molecule has 0 heterocycles. The van der Waals surface area contributed by atoms with Crippen molar-refractivity contribution >= 4 is 7.85 Å². The van der Waals surface area contributed by atoms with Crippen molar-refractivity contribution in [1.82, 2.24) is 0 Å². The van der Waals surface area contributed by atoms with Crippen LogP contribution >= 0.6 is 0 Å². The van der Waals surface area contributed by atoms with Gasteiger partial charge in [0, 0.05) is 0 Å². The van der Waals surface area contributed by atoms with E-state index in [0.717, 1.165) is 0 Å². The summed E-state index contributed by atoms with van der Waals surface area (Å²) in [5.74, 6) is 0. The summed E-state index contributed by atoms with van der Waals surface area (Å²) in [5, 5.41) is 0. The minimum Gasteiger partial charge on any atom is -0.0806 e. The molecule has 7 heavy (non-hydrogen) atoms. The van der Waals surface area contributed by atoms with Crippen molar-refractivity contribution in [1.29, 1.82) is 0 Å². The van der Waals surface area contributed by atoms with Crippen LogP contribution in [0.1, 0.15) is 27.2 Å². The fourth-order valence-electron chi connectivity index (χ4n) is 0.750. The quantitative estimate of drug-likeness (QED) is 0.435. The van der Waals surface area contributed by atoms with E-state index < -0.39 is 0 Å². The van der Waals surface area contributed by atoms with Crippen LogP contribution in [0.2, 0.25) is 6.32 Å².